The third-order valence-electron chi connectivity index (χ3n) is 4.00. The molecule has 0 saturated carbocycles. The molecule has 1 heterocycles. The van der Waals surface area contributed by atoms with Crippen LogP contribution in [0.25, 0.3) is 0 Å². The maximum absolute atomic E-state index is 12.3. The molecule has 1 atom stereocenters. The number of halogens is 1. The molecule has 0 spiro atoms. The highest BCUT2D eigenvalue weighted by atomic mass is 35.5. The molecule has 0 aromatic heterocycles. The molecule has 1 aliphatic heterocycles. The minimum Gasteiger partial charge on any atom is -0.323 e. The Morgan fingerprint density at radius 1 is 1.48 bits per heavy atom. The Bertz CT molecular complexity index is 489. The first kappa shape index (κ1) is 16.3. The Hall–Kier alpha value is -1.10. The topological polar surface area (TPSA) is 44.4 Å². The zero-order valence-electron chi connectivity index (χ0n) is 13.0. The van der Waals surface area contributed by atoms with Gasteiger partial charge in [-0.15, -0.1) is 0 Å². The second-order valence-electron chi connectivity index (χ2n) is 5.70. The van der Waals surface area contributed by atoms with Gasteiger partial charge in [0.15, 0.2) is 0 Å². The van der Waals surface area contributed by atoms with Gasteiger partial charge in [-0.3, -0.25) is 9.69 Å². The van der Waals surface area contributed by atoms with Gasteiger partial charge in [-0.2, -0.15) is 0 Å². The molecule has 116 valence electrons. The molecular formula is C16H24ClN3O. The quantitative estimate of drug-likeness (QED) is 0.878. The molecule has 1 aromatic rings. The molecule has 1 amide bonds. The van der Waals surface area contributed by atoms with Gasteiger partial charge in [0.05, 0.1) is 17.3 Å². The molecule has 1 unspecified atom stereocenters. The smallest absolute Gasteiger partial charge is 0.238 e. The van der Waals surface area contributed by atoms with Crippen molar-refractivity contribution in [2.45, 2.75) is 33.2 Å². The predicted molar refractivity (Wildman–Crippen MR) is 88.1 cm³/mol. The molecule has 2 rings (SSSR count). The molecule has 1 aromatic carbocycles. The van der Waals surface area contributed by atoms with E-state index in [0.29, 0.717) is 17.6 Å². The molecule has 0 radical (unpaired) electrons. The van der Waals surface area contributed by atoms with Gasteiger partial charge in [0.25, 0.3) is 0 Å². The maximum Gasteiger partial charge on any atom is 0.238 e. The second-order valence-corrected chi connectivity index (χ2v) is 6.10. The first-order chi connectivity index (χ1) is 10.0. The van der Waals surface area contributed by atoms with Crippen LogP contribution in [0.15, 0.2) is 12.1 Å². The Morgan fingerprint density at radius 3 is 2.81 bits per heavy atom. The van der Waals surface area contributed by atoms with Gasteiger partial charge >= 0.3 is 0 Å². The fourth-order valence-electron chi connectivity index (χ4n) is 2.89. The molecular weight excluding hydrogens is 286 g/mol. The van der Waals surface area contributed by atoms with E-state index < -0.39 is 0 Å². The number of rotatable bonds is 5. The lowest BCUT2D eigenvalue weighted by atomic mass is 10.1. The van der Waals surface area contributed by atoms with Gasteiger partial charge in [-0.05, 0) is 50.6 Å². The summed E-state index contributed by atoms with van der Waals surface area (Å²) in [5.41, 5.74) is 2.83. The monoisotopic (exact) mass is 309 g/mol. The summed E-state index contributed by atoms with van der Waals surface area (Å²) in [6.07, 6.45) is 1.10. The van der Waals surface area contributed by atoms with Crippen LogP contribution in [0.4, 0.5) is 5.69 Å². The SMILES string of the molecule is CCN(CC(=O)Nc1c(C)cc(C)cc1Cl)C1CCNC1. The average molecular weight is 310 g/mol. The highest BCUT2D eigenvalue weighted by Gasteiger charge is 2.23. The lowest BCUT2D eigenvalue weighted by molar-refractivity contribution is -0.117. The number of aryl methyl sites for hydroxylation is 2. The van der Waals surface area contributed by atoms with E-state index in [4.69, 9.17) is 11.6 Å². The summed E-state index contributed by atoms with van der Waals surface area (Å²) in [4.78, 5) is 14.5. The fraction of sp³-hybridized carbons (Fsp3) is 0.562. The van der Waals surface area contributed by atoms with Crippen molar-refractivity contribution in [3.63, 3.8) is 0 Å². The number of benzene rings is 1. The molecule has 2 N–H and O–H groups in total. The zero-order valence-corrected chi connectivity index (χ0v) is 13.8. The van der Waals surface area contributed by atoms with E-state index in [2.05, 4.69) is 22.5 Å². The number of carbonyl (C=O) groups is 1. The van der Waals surface area contributed by atoms with Gasteiger partial charge < -0.3 is 10.6 Å². The normalized spacial score (nSPS) is 18.2. The van der Waals surface area contributed by atoms with Gasteiger partial charge in [0.2, 0.25) is 5.91 Å². The highest BCUT2D eigenvalue weighted by molar-refractivity contribution is 6.34. The van der Waals surface area contributed by atoms with E-state index in [-0.39, 0.29) is 5.91 Å². The molecule has 0 aliphatic carbocycles. The minimum absolute atomic E-state index is 0.00222. The van der Waals surface area contributed by atoms with Crippen molar-refractivity contribution in [2.75, 3.05) is 31.5 Å². The number of anilines is 1. The van der Waals surface area contributed by atoms with E-state index in [1.165, 1.54) is 0 Å². The van der Waals surface area contributed by atoms with Crippen LogP contribution in [0.1, 0.15) is 24.5 Å². The summed E-state index contributed by atoms with van der Waals surface area (Å²) < 4.78 is 0. The van der Waals surface area contributed by atoms with Crippen molar-refractivity contribution >= 4 is 23.2 Å². The number of likely N-dealkylation sites (N-methyl/N-ethyl adjacent to an activating group) is 1. The summed E-state index contributed by atoms with van der Waals surface area (Å²) in [6.45, 7) is 9.34. The van der Waals surface area contributed by atoms with Crippen LogP contribution in [0, 0.1) is 13.8 Å². The van der Waals surface area contributed by atoms with Crippen molar-refractivity contribution in [1.82, 2.24) is 10.2 Å². The van der Waals surface area contributed by atoms with E-state index in [9.17, 15) is 4.79 Å². The second kappa shape index (κ2) is 7.25. The van der Waals surface area contributed by atoms with E-state index in [0.717, 1.165) is 42.9 Å². The standard InChI is InChI=1S/C16H24ClN3O/c1-4-20(13-5-6-18-9-13)10-15(21)19-16-12(3)7-11(2)8-14(16)17/h7-8,13,18H,4-6,9-10H2,1-3H3,(H,19,21). The summed E-state index contributed by atoms with van der Waals surface area (Å²) in [5.74, 6) is -0.00222. The summed E-state index contributed by atoms with van der Waals surface area (Å²) in [7, 11) is 0. The molecule has 4 nitrogen and oxygen atoms in total. The van der Waals surface area contributed by atoms with Crippen molar-refractivity contribution in [2.24, 2.45) is 0 Å². The van der Waals surface area contributed by atoms with Gasteiger partial charge in [0, 0.05) is 12.6 Å². The van der Waals surface area contributed by atoms with E-state index in [1.807, 2.05) is 26.0 Å². The highest BCUT2D eigenvalue weighted by Crippen LogP contribution is 2.27. The van der Waals surface area contributed by atoms with Crippen LogP contribution >= 0.6 is 11.6 Å². The Morgan fingerprint density at radius 2 is 2.24 bits per heavy atom. The maximum atomic E-state index is 12.3. The Labute approximate surface area is 131 Å². The fourth-order valence-corrected chi connectivity index (χ4v) is 3.26. The summed E-state index contributed by atoms with van der Waals surface area (Å²) in [5, 5.41) is 6.90. The molecule has 0 bridgehead atoms. The Balaban J connectivity index is 2.01. The van der Waals surface area contributed by atoms with Crippen LogP contribution < -0.4 is 10.6 Å². The van der Waals surface area contributed by atoms with Crippen LogP contribution in [-0.2, 0) is 4.79 Å². The molecule has 1 aliphatic rings. The summed E-state index contributed by atoms with van der Waals surface area (Å²) >= 11 is 6.24. The lowest BCUT2D eigenvalue weighted by Gasteiger charge is -2.26. The van der Waals surface area contributed by atoms with Crippen LogP contribution in [-0.4, -0.2) is 43.0 Å². The number of carbonyl (C=O) groups excluding carboxylic acids is 1. The number of hydrogen-bond acceptors (Lipinski definition) is 3. The van der Waals surface area contributed by atoms with E-state index >= 15 is 0 Å². The number of nitrogens with one attached hydrogen (secondary N) is 2. The van der Waals surface area contributed by atoms with Crippen molar-refractivity contribution in [3.05, 3.63) is 28.3 Å². The largest absolute Gasteiger partial charge is 0.323 e. The lowest BCUT2D eigenvalue weighted by Crippen LogP contribution is -2.41. The Kier molecular flexibility index (Phi) is 5.62. The predicted octanol–water partition coefficient (Wildman–Crippen LogP) is 2.58. The molecule has 21 heavy (non-hydrogen) atoms. The third-order valence-corrected chi connectivity index (χ3v) is 4.30. The summed E-state index contributed by atoms with van der Waals surface area (Å²) in [6, 6.07) is 4.36. The first-order valence-electron chi connectivity index (χ1n) is 7.52. The minimum atomic E-state index is -0.00222. The van der Waals surface area contributed by atoms with Crippen LogP contribution in [0.3, 0.4) is 0 Å². The molecule has 5 heteroatoms. The van der Waals surface area contributed by atoms with Gasteiger partial charge in [0.1, 0.15) is 0 Å². The molecule has 1 saturated heterocycles. The number of hydrogen-bond donors (Lipinski definition) is 2. The van der Waals surface area contributed by atoms with Crippen LogP contribution in [0.2, 0.25) is 5.02 Å². The van der Waals surface area contributed by atoms with E-state index in [1.54, 1.807) is 0 Å². The number of nitrogens with zero attached hydrogens (tertiary/aromatic N) is 1. The van der Waals surface area contributed by atoms with Crippen LogP contribution in [0.5, 0.6) is 0 Å². The zero-order chi connectivity index (χ0) is 15.4. The van der Waals surface area contributed by atoms with Crippen molar-refractivity contribution in [3.8, 4) is 0 Å². The average Bonchev–Trinajstić information content (AvgIpc) is 2.94. The number of amides is 1. The van der Waals surface area contributed by atoms with Crippen molar-refractivity contribution < 1.29 is 4.79 Å². The van der Waals surface area contributed by atoms with Gasteiger partial charge in [-0.1, -0.05) is 24.6 Å². The van der Waals surface area contributed by atoms with Gasteiger partial charge in [-0.25, -0.2) is 0 Å². The first-order valence-corrected chi connectivity index (χ1v) is 7.90. The van der Waals surface area contributed by atoms with Crippen molar-refractivity contribution in [1.29, 1.82) is 0 Å². The third kappa shape index (κ3) is 4.19. The molecule has 1 fully saturated rings.